The molecule has 0 radical (unpaired) electrons. The van der Waals surface area contributed by atoms with Gasteiger partial charge in [-0.25, -0.2) is 9.97 Å². The Hall–Kier alpha value is -4.92. The Kier molecular flexibility index (Phi) is 16.7. The van der Waals surface area contributed by atoms with Gasteiger partial charge in [-0.2, -0.15) is 0 Å². The Morgan fingerprint density at radius 1 is 0.613 bits per heavy atom. The van der Waals surface area contributed by atoms with E-state index in [0.29, 0.717) is 11.3 Å². The summed E-state index contributed by atoms with van der Waals surface area (Å²) in [6.45, 7) is 11.4. The second-order valence-corrected chi connectivity index (χ2v) is 18.1. The van der Waals surface area contributed by atoms with Crippen LogP contribution in [0.5, 0.6) is 0 Å². The van der Waals surface area contributed by atoms with Gasteiger partial charge in [0.05, 0.1) is 16.3 Å². The van der Waals surface area contributed by atoms with Crippen molar-refractivity contribution in [2.45, 2.75) is 77.0 Å². The largest absolute Gasteiger partial charge is 0.355 e. The van der Waals surface area contributed by atoms with Crippen LogP contribution in [0.4, 0.5) is 28.7 Å². The van der Waals surface area contributed by atoms with Crippen LogP contribution >= 0.6 is 15.9 Å². The molecule has 330 valence electrons. The van der Waals surface area contributed by atoms with Crippen LogP contribution in [0.3, 0.4) is 0 Å². The van der Waals surface area contributed by atoms with E-state index >= 15 is 0 Å². The number of hydrogen-bond donors (Lipinski definition) is 2. The lowest BCUT2D eigenvalue weighted by Gasteiger charge is -2.35. The van der Waals surface area contributed by atoms with Gasteiger partial charge in [-0.15, -0.1) is 0 Å². The summed E-state index contributed by atoms with van der Waals surface area (Å²) in [5.41, 5.74) is 2.21. The lowest BCUT2D eigenvalue weighted by Crippen LogP contribution is -2.37. The number of pyridine rings is 2. The maximum absolute atomic E-state index is 12.7. The van der Waals surface area contributed by atoms with Crippen LogP contribution in [0.1, 0.15) is 97.8 Å². The zero-order valence-corrected chi connectivity index (χ0v) is 37.5. The predicted molar refractivity (Wildman–Crippen MR) is 251 cm³/mol. The first-order valence-electron chi connectivity index (χ1n) is 22.8. The van der Waals surface area contributed by atoms with E-state index in [-0.39, 0.29) is 23.1 Å². The minimum atomic E-state index is -0.498. The van der Waals surface area contributed by atoms with Gasteiger partial charge in [0.1, 0.15) is 0 Å². The van der Waals surface area contributed by atoms with Crippen LogP contribution in [0, 0.1) is 22.0 Å². The highest BCUT2D eigenvalue weighted by Gasteiger charge is 2.25. The van der Waals surface area contributed by atoms with Crippen molar-refractivity contribution in [2.75, 3.05) is 85.9 Å². The van der Waals surface area contributed by atoms with Gasteiger partial charge in [0.15, 0.2) is 11.6 Å². The van der Waals surface area contributed by atoms with Gasteiger partial charge in [0.2, 0.25) is 0 Å². The first kappa shape index (κ1) is 45.1. The zero-order valence-electron chi connectivity index (χ0n) is 35.9. The van der Waals surface area contributed by atoms with Crippen molar-refractivity contribution in [2.24, 2.45) is 11.8 Å². The minimum Gasteiger partial charge on any atom is -0.355 e. The number of benzene rings is 2. The van der Waals surface area contributed by atoms with Crippen molar-refractivity contribution < 1.29 is 14.5 Å². The number of nitro benzene ring substituents is 1. The van der Waals surface area contributed by atoms with E-state index in [2.05, 4.69) is 56.1 Å². The van der Waals surface area contributed by atoms with E-state index in [9.17, 15) is 19.7 Å². The van der Waals surface area contributed by atoms with Crippen LogP contribution in [0.2, 0.25) is 0 Å². The van der Waals surface area contributed by atoms with Crippen LogP contribution in [-0.4, -0.2) is 102 Å². The number of anilines is 4. The van der Waals surface area contributed by atoms with Crippen LogP contribution in [-0.2, 0) is 0 Å². The monoisotopic (exact) mass is 907 g/mol. The summed E-state index contributed by atoms with van der Waals surface area (Å²) >= 11 is 3.43. The summed E-state index contributed by atoms with van der Waals surface area (Å²) in [5, 5.41) is 17.0. The van der Waals surface area contributed by atoms with Crippen LogP contribution in [0.25, 0.3) is 0 Å². The van der Waals surface area contributed by atoms with Crippen molar-refractivity contribution in [3.05, 3.63) is 111 Å². The molecule has 4 saturated heterocycles. The number of amides is 2. The molecule has 2 N–H and O–H groups in total. The number of non-ortho nitro benzene ring substituents is 1. The molecule has 4 aliphatic heterocycles. The average molecular weight is 909 g/mol. The third-order valence-electron chi connectivity index (χ3n) is 12.9. The lowest BCUT2D eigenvalue weighted by molar-refractivity contribution is -0.384. The summed E-state index contributed by atoms with van der Waals surface area (Å²) in [6, 6.07) is 20.7. The third-order valence-corrected chi connectivity index (χ3v) is 13.4. The number of carbonyl (C=O) groups is 2. The fourth-order valence-electron chi connectivity index (χ4n) is 9.24. The number of piperidine rings is 4. The molecule has 0 aliphatic carbocycles. The Balaban J connectivity index is 0.000000187. The van der Waals surface area contributed by atoms with Crippen molar-refractivity contribution in [1.29, 1.82) is 0 Å². The minimum absolute atomic E-state index is 0.101. The van der Waals surface area contributed by atoms with Gasteiger partial charge in [0, 0.05) is 66.3 Å². The summed E-state index contributed by atoms with van der Waals surface area (Å²) in [4.78, 5) is 54.9. The number of halogens is 1. The smallest absolute Gasteiger partial charge is 0.270 e. The standard InChI is InChI=1S/C24H31BrN4O.C24H31N5O3/c25-21-7-4-6-20(18-21)24(30)27-22-8-5-12-26-23(22)29-16-10-19(11-17-29)9-15-28-13-2-1-3-14-28;30-24(20-6-4-7-21(18-20)29(31)32)26-22-8-5-12-25-23(22)28-16-10-19(11-17-28)9-15-27-13-2-1-3-14-27/h4-8,12,18-19H,1-3,9-11,13-17H2,(H,27,30);4-8,12,18-19H,1-3,9-11,13-17H2,(H,26,30). The molecular weight excluding hydrogens is 846 g/mol. The Labute approximate surface area is 374 Å². The molecule has 4 aromatic rings. The second-order valence-electron chi connectivity index (χ2n) is 17.2. The van der Waals surface area contributed by atoms with E-state index in [1.807, 2.05) is 48.7 Å². The van der Waals surface area contributed by atoms with Gasteiger partial charge in [-0.3, -0.25) is 19.7 Å². The summed E-state index contributed by atoms with van der Waals surface area (Å²) in [7, 11) is 0. The molecule has 14 heteroatoms. The van der Waals surface area contributed by atoms with Gasteiger partial charge in [-0.05, 0) is 164 Å². The molecule has 4 aliphatic rings. The van der Waals surface area contributed by atoms with Crippen molar-refractivity contribution in [1.82, 2.24) is 19.8 Å². The Morgan fingerprint density at radius 3 is 1.52 bits per heavy atom. The maximum atomic E-state index is 12.7. The number of rotatable bonds is 13. The molecule has 0 atom stereocenters. The molecule has 0 bridgehead atoms. The van der Waals surface area contributed by atoms with E-state index in [0.717, 1.165) is 72.7 Å². The molecular formula is C48H62BrN9O4. The van der Waals surface area contributed by atoms with Crippen molar-refractivity contribution in [3.8, 4) is 0 Å². The SMILES string of the molecule is O=C(Nc1cccnc1N1CCC(CCN2CCCCC2)CC1)c1cccc(Br)c1.O=C(Nc1cccnc1N1CCC(CCN2CCCCC2)CC1)c1cccc([N+](=O)[O-])c1. The van der Waals surface area contributed by atoms with Crippen LogP contribution in [0.15, 0.2) is 89.7 Å². The lowest BCUT2D eigenvalue weighted by atomic mass is 9.93. The molecule has 2 aromatic heterocycles. The topological polar surface area (TPSA) is 140 Å². The van der Waals surface area contributed by atoms with E-state index < -0.39 is 4.92 Å². The maximum Gasteiger partial charge on any atom is 0.270 e. The number of hydrogen-bond acceptors (Lipinski definition) is 10. The fourth-order valence-corrected chi connectivity index (χ4v) is 9.63. The predicted octanol–water partition coefficient (Wildman–Crippen LogP) is 9.52. The summed E-state index contributed by atoms with van der Waals surface area (Å²) in [6.07, 6.45) is 18.9. The van der Waals surface area contributed by atoms with Gasteiger partial charge in [-0.1, -0.05) is 40.9 Å². The van der Waals surface area contributed by atoms with Gasteiger partial charge >= 0.3 is 0 Å². The highest BCUT2D eigenvalue weighted by Crippen LogP contribution is 2.32. The number of aromatic nitrogens is 2. The molecule has 0 unspecified atom stereocenters. The molecule has 4 fully saturated rings. The highest BCUT2D eigenvalue weighted by molar-refractivity contribution is 9.10. The first-order valence-corrected chi connectivity index (χ1v) is 23.6. The molecule has 0 saturated carbocycles. The molecule has 2 aromatic carbocycles. The fraction of sp³-hybridized carbons (Fsp3) is 0.500. The van der Waals surface area contributed by atoms with Crippen molar-refractivity contribution >= 4 is 56.4 Å². The number of nitro groups is 1. The number of nitrogens with one attached hydrogen (secondary N) is 2. The molecule has 6 heterocycles. The van der Waals surface area contributed by atoms with Gasteiger partial charge < -0.3 is 30.2 Å². The number of nitrogens with zero attached hydrogens (tertiary/aromatic N) is 7. The Bertz CT molecular complexity index is 2080. The summed E-state index contributed by atoms with van der Waals surface area (Å²) < 4.78 is 0.896. The molecule has 0 spiro atoms. The molecule has 2 amide bonds. The number of likely N-dealkylation sites (tertiary alicyclic amines) is 2. The number of carbonyl (C=O) groups excluding carboxylic acids is 2. The molecule has 8 rings (SSSR count). The van der Waals surface area contributed by atoms with E-state index in [1.165, 1.54) is 122 Å². The van der Waals surface area contributed by atoms with Crippen molar-refractivity contribution in [3.63, 3.8) is 0 Å². The zero-order chi connectivity index (χ0) is 43.1. The average Bonchev–Trinajstić information content (AvgIpc) is 3.32. The van der Waals surface area contributed by atoms with Crippen LogP contribution < -0.4 is 20.4 Å². The second kappa shape index (κ2) is 23.0. The normalized spacial score (nSPS) is 18.1. The van der Waals surface area contributed by atoms with Gasteiger partial charge in [0.25, 0.3) is 17.5 Å². The quantitative estimate of drug-likeness (QED) is 0.0985. The molecule has 62 heavy (non-hydrogen) atoms. The molecule has 13 nitrogen and oxygen atoms in total. The Morgan fingerprint density at radius 2 is 1.06 bits per heavy atom. The first-order chi connectivity index (χ1) is 30.3. The van der Waals surface area contributed by atoms with E-state index in [4.69, 9.17) is 0 Å². The highest BCUT2D eigenvalue weighted by atomic mass is 79.9. The van der Waals surface area contributed by atoms with E-state index in [1.54, 1.807) is 18.3 Å². The third kappa shape index (κ3) is 13.1. The summed E-state index contributed by atoms with van der Waals surface area (Å²) in [5.74, 6) is 2.70.